The van der Waals surface area contributed by atoms with Gasteiger partial charge in [0, 0.05) is 32.2 Å². The molecule has 1 aliphatic heterocycles. The van der Waals surface area contributed by atoms with Crippen molar-refractivity contribution in [1.82, 2.24) is 4.90 Å². The Morgan fingerprint density at radius 1 is 1.25 bits per heavy atom. The van der Waals surface area contributed by atoms with Gasteiger partial charge in [-0.2, -0.15) is 0 Å². The third kappa shape index (κ3) is 2.82. The van der Waals surface area contributed by atoms with E-state index >= 15 is 0 Å². The fraction of sp³-hybridized carbons (Fsp3) is 0.538. The predicted molar refractivity (Wildman–Crippen MR) is 62.9 cm³/mol. The van der Waals surface area contributed by atoms with Crippen molar-refractivity contribution in [3.05, 3.63) is 35.9 Å². The summed E-state index contributed by atoms with van der Waals surface area (Å²) in [6.07, 6.45) is 0.426. The van der Waals surface area contributed by atoms with Crippen molar-refractivity contribution >= 4 is 0 Å². The molecule has 1 fully saturated rings. The zero-order chi connectivity index (χ0) is 11.4. The molecule has 0 saturated carbocycles. The molecule has 0 aromatic heterocycles. The maximum Gasteiger partial charge on any atom is 0.0614 e. The van der Waals surface area contributed by atoms with Crippen LogP contribution < -0.4 is 0 Å². The number of likely N-dealkylation sites (tertiary alicyclic amines) is 1. The summed E-state index contributed by atoms with van der Waals surface area (Å²) < 4.78 is 0. The van der Waals surface area contributed by atoms with Gasteiger partial charge >= 0.3 is 0 Å². The fourth-order valence-electron chi connectivity index (χ4n) is 2.26. The van der Waals surface area contributed by atoms with Gasteiger partial charge in [0.25, 0.3) is 0 Å². The van der Waals surface area contributed by atoms with Crippen LogP contribution >= 0.6 is 0 Å². The maximum atomic E-state index is 9.67. The number of benzene rings is 1. The Morgan fingerprint density at radius 3 is 2.69 bits per heavy atom. The summed E-state index contributed by atoms with van der Waals surface area (Å²) in [6, 6.07) is 10.3. The van der Waals surface area contributed by atoms with E-state index in [1.807, 2.05) is 18.2 Å². The van der Waals surface area contributed by atoms with Crippen LogP contribution in [0.3, 0.4) is 0 Å². The van der Waals surface area contributed by atoms with Crippen molar-refractivity contribution in [2.75, 3.05) is 19.7 Å². The zero-order valence-electron chi connectivity index (χ0n) is 9.42. The van der Waals surface area contributed by atoms with Crippen molar-refractivity contribution in [2.24, 2.45) is 5.92 Å². The first-order valence-electron chi connectivity index (χ1n) is 5.85. The highest BCUT2D eigenvalue weighted by molar-refractivity contribution is 5.14. The zero-order valence-corrected chi connectivity index (χ0v) is 9.42. The molecule has 1 saturated heterocycles. The van der Waals surface area contributed by atoms with E-state index in [2.05, 4.69) is 17.0 Å². The normalized spacial score (nSPS) is 26.9. The minimum absolute atomic E-state index is 0.0115. The molecule has 1 aromatic rings. The summed E-state index contributed by atoms with van der Waals surface area (Å²) in [5.41, 5.74) is 1.29. The van der Waals surface area contributed by atoms with Crippen molar-refractivity contribution in [2.45, 2.75) is 19.1 Å². The molecule has 0 aliphatic carbocycles. The van der Waals surface area contributed by atoms with Gasteiger partial charge in [-0.25, -0.2) is 0 Å². The number of piperidine rings is 1. The monoisotopic (exact) mass is 221 g/mol. The molecule has 2 atom stereocenters. The van der Waals surface area contributed by atoms with Crippen molar-refractivity contribution in [3.8, 4) is 0 Å². The number of nitrogens with zero attached hydrogens (tertiary/aromatic N) is 1. The first kappa shape index (κ1) is 11.6. The summed E-state index contributed by atoms with van der Waals surface area (Å²) in [5.74, 6) is 0.0115. The van der Waals surface area contributed by atoms with E-state index in [1.165, 1.54) is 5.56 Å². The average molecular weight is 221 g/mol. The van der Waals surface area contributed by atoms with Crippen molar-refractivity contribution in [1.29, 1.82) is 0 Å². The lowest BCUT2D eigenvalue weighted by Gasteiger charge is -2.35. The third-order valence-electron chi connectivity index (χ3n) is 3.26. The summed E-state index contributed by atoms with van der Waals surface area (Å²) in [6.45, 7) is 2.68. The molecule has 3 nitrogen and oxygen atoms in total. The van der Waals surface area contributed by atoms with Crippen LogP contribution in [0.5, 0.6) is 0 Å². The van der Waals surface area contributed by atoms with E-state index in [0.29, 0.717) is 0 Å². The average Bonchev–Trinajstić information content (AvgIpc) is 2.33. The van der Waals surface area contributed by atoms with Crippen LogP contribution in [0.1, 0.15) is 12.0 Å². The minimum atomic E-state index is -0.336. The summed E-state index contributed by atoms with van der Waals surface area (Å²) in [4.78, 5) is 2.29. The van der Waals surface area contributed by atoms with Gasteiger partial charge in [0.1, 0.15) is 0 Å². The van der Waals surface area contributed by atoms with Crippen LogP contribution in [-0.2, 0) is 6.54 Å². The Morgan fingerprint density at radius 2 is 2.00 bits per heavy atom. The molecule has 1 heterocycles. The smallest absolute Gasteiger partial charge is 0.0614 e. The van der Waals surface area contributed by atoms with Crippen LogP contribution in [0, 0.1) is 5.92 Å². The molecule has 88 valence electrons. The minimum Gasteiger partial charge on any atom is -0.396 e. The lowest BCUT2D eigenvalue weighted by atomic mass is 9.95. The molecular formula is C13H19NO2. The van der Waals surface area contributed by atoms with Crippen LogP contribution in [0.2, 0.25) is 0 Å². The highest BCUT2D eigenvalue weighted by Crippen LogP contribution is 2.18. The van der Waals surface area contributed by atoms with E-state index < -0.39 is 0 Å². The third-order valence-corrected chi connectivity index (χ3v) is 3.26. The van der Waals surface area contributed by atoms with Gasteiger partial charge in [-0.15, -0.1) is 0 Å². The van der Waals surface area contributed by atoms with E-state index in [0.717, 1.165) is 26.1 Å². The second-order valence-corrected chi connectivity index (χ2v) is 4.52. The van der Waals surface area contributed by atoms with Crippen LogP contribution in [0.25, 0.3) is 0 Å². The first-order valence-corrected chi connectivity index (χ1v) is 5.85. The molecular weight excluding hydrogens is 202 g/mol. The van der Waals surface area contributed by atoms with Crippen LogP contribution in [0.15, 0.2) is 30.3 Å². The highest BCUT2D eigenvalue weighted by atomic mass is 16.3. The molecule has 1 aliphatic rings. The Hall–Kier alpha value is -0.900. The Labute approximate surface area is 96.3 Å². The standard InChI is InChI=1S/C13H19NO2/c15-10-12-9-14(7-6-13(12)16)8-11-4-2-1-3-5-11/h1-5,12-13,15-16H,6-10H2/t12-,13+/m1/s1. The lowest BCUT2D eigenvalue weighted by molar-refractivity contribution is -0.00200. The van der Waals surface area contributed by atoms with Gasteiger partial charge in [-0.3, -0.25) is 4.90 Å². The van der Waals surface area contributed by atoms with Gasteiger partial charge in [0.05, 0.1) is 6.10 Å². The topological polar surface area (TPSA) is 43.7 Å². The Balaban J connectivity index is 1.92. The molecule has 0 radical (unpaired) electrons. The van der Waals surface area contributed by atoms with E-state index in [1.54, 1.807) is 0 Å². The molecule has 0 spiro atoms. The molecule has 16 heavy (non-hydrogen) atoms. The molecule has 1 aromatic carbocycles. The molecule has 0 bridgehead atoms. The number of rotatable bonds is 3. The number of aliphatic hydroxyl groups is 2. The SMILES string of the molecule is OC[C@H]1CN(Cc2ccccc2)CC[C@@H]1O. The molecule has 0 amide bonds. The lowest BCUT2D eigenvalue weighted by Crippen LogP contribution is -2.44. The van der Waals surface area contributed by atoms with E-state index in [-0.39, 0.29) is 18.6 Å². The van der Waals surface area contributed by atoms with Gasteiger partial charge in [0.2, 0.25) is 0 Å². The number of hydrogen-bond acceptors (Lipinski definition) is 3. The van der Waals surface area contributed by atoms with E-state index in [4.69, 9.17) is 5.11 Å². The highest BCUT2D eigenvalue weighted by Gasteiger charge is 2.26. The Kier molecular flexibility index (Phi) is 3.93. The molecule has 3 heteroatoms. The number of hydrogen-bond donors (Lipinski definition) is 2. The van der Waals surface area contributed by atoms with Gasteiger partial charge < -0.3 is 10.2 Å². The van der Waals surface area contributed by atoms with Gasteiger partial charge in [-0.05, 0) is 12.0 Å². The largest absolute Gasteiger partial charge is 0.396 e. The van der Waals surface area contributed by atoms with Crippen LogP contribution in [0.4, 0.5) is 0 Å². The quantitative estimate of drug-likeness (QED) is 0.795. The molecule has 0 unspecified atom stereocenters. The fourth-order valence-corrected chi connectivity index (χ4v) is 2.26. The summed E-state index contributed by atoms with van der Waals surface area (Å²) >= 11 is 0. The van der Waals surface area contributed by atoms with Gasteiger partial charge in [-0.1, -0.05) is 30.3 Å². The number of aliphatic hydroxyl groups excluding tert-OH is 2. The van der Waals surface area contributed by atoms with Crippen molar-refractivity contribution < 1.29 is 10.2 Å². The molecule has 2 rings (SSSR count). The summed E-state index contributed by atoms with van der Waals surface area (Å²) in [7, 11) is 0. The van der Waals surface area contributed by atoms with Gasteiger partial charge in [0.15, 0.2) is 0 Å². The van der Waals surface area contributed by atoms with Crippen LogP contribution in [-0.4, -0.2) is 40.9 Å². The molecule has 2 N–H and O–H groups in total. The summed E-state index contributed by atoms with van der Waals surface area (Å²) in [5, 5.41) is 18.8. The Bertz CT molecular complexity index is 315. The van der Waals surface area contributed by atoms with Crippen molar-refractivity contribution in [3.63, 3.8) is 0 Å². The second kappa shape index (κ2) is 5.43. The second-order valence-electron chi connectivity index (χ2n) is 4.52. The predicted octanol–water partition coefficient (Wildman–Crippen LogP) is 0.862. The van der Waals surface area contributed by atoms with E-state index in [9.17, 15) is 5.11 Å². The maximum absolute atomic E-state index is 9.67. The first-order chi connectivity index (χ1) is 7.79.